The van der Waals surface area contributed by atoms with Gasteiger partial charge in [0.05, 0.1) is 5.69 Å². The first-order valence-corrected chi connectivity index (χ1v) is 7.92. The Bertz CT molecular complexity index is 601. The maximum atomic E-state index is 5.25. The van der Waals surface area contributed by atoms with Crippen LogP contribution in [0.4, 0.5) is 5.82 Å². The van der Waals surface area contributed by atoms with E-state index in [0.29, 0.717) is 5.92 Å². The molecule has 22 heavy (non-hydrogen) atoms. The number of aromatic nitrogens is 2. The quantitative estimate of drug-likeness (QED) is 0.920. The lowest BCUT2D eigenvalue weighted by molar-refractivity contribution is 0.315. The van der Waals surface area contributed by atoms with Crippen molar-refractivity contribution in [2.75, 3.05) is 25.0 Å². The van der Waals surface area contributed by atoms with Crippen molar-refractivity contribution >= 4 is 5.82 Å². The number of rotatable bonds is 5. The Hall–Kier alpha value is -1.88. The van der Waals surface area contributed by atoms with Crippen molar-refractivity contribution in [3.05, 3.63) is 40.9 Å². The predicted octanol–water partition coefficient (Wildman–Crippen LogP) is 2.93. The van der Waals surface area contributed by atoms with E-state index in [1.54, 1.807) is 0 Å². The van der Waals surface area contributed by atoms with E-state index in [2.05, 4.69) is 33.3 Å². The van der Waals surface area contributed by atoms with Gasteiger partial charge >= 0.3 is 0 Å². The minimum atomic E-state index is 0.670. The van der Waals surface area contributed by atoms with Crippen LogP contribution in [0, 0.1) is 26.7 Å². The third-order valence-corrected chi connectivity index (χ3v) is 4.42. The van der Waals surface area contributed by atoms with E-state index in [1.807, 2.05) is 26.1 Å². The third kappa shape index (κ3) is 3.47. The number of aryl methyl sites for hydroxylation is 3. The highest BCUT2D eigenvalue weighted by atomic mass is 16.5. The molecule has 1 atom stereocenters. The van der Waals surface area contributed by atoms with Crippen molar-refractivity contribution in [1.82, 2.24) is 15.0 Å². The van der Waals surface area contributed by atoms with Crippen molar-refractivity contribution < 1.29 is 4.52 Å². The van der Waals surface area contributed by atoms with Crippen molar-refractivity contribution in [3.8, 4) is 0 Å². The molecular formula is C17H24N4O. The molecule has 0 aromatic carbocycles. The first-order valence-electron chi connectivity index (χ1n) is 7.92. The molecule has 1 aliphatic heterocycles. The van der Waals surface area contributed by atoms with Crippen LogP contribution in [-0.4, -0.2) is 34.7 Å². The Morgan fingerprint density at radius 3 is 2.86 bits per heavy atom. The monoisotopic (exact) mass is 300 g/mol. The second-order valence-corrected chi connectivity index (χ2v) is 6.29. The van der Waals surface area contributed by atoms with Crippen LogP contribution in [0.15, 0.2) is 22.9 Å². The van der Waals surface area contributed by atoms with Gasteiger partial charge in [-0.05, 0) is 51.3 Å². The van der Waals surface area contributed by atoms with Gasteiger partial charge < -0.3 is 9.84 Å². The maximum absolute atomic E-state index is 5.25. The van der Waals surface area contributed by atoms with Crippen LogP contribution >= 0.6 is 0 Å². The highest BCUT2D eigenvalue weighted by Crippen LogP contribution is 2.22. The van der Waals surface area contributed by atoms with Crippen LogP contribution in [0.3, 0.4) is 0 Å². The summed E-state index contributed by atoms with van der Waals surface area (Å²) in [4.78, 5) is 6.88. The molecule has 0 unspecified atom stereocenters. The molecule has 0 saturated carbocycles. The van der Waals surface area contributed by atoms with E-state index in [4.69, 9.17) is 4.52 Å². The van der Waals surface area contributed by atoms with Gasteiger partial charge in [0, 0.05) is 31.4 Å². The van der Waals surface area contributed by atoms with Gasteiger partial charge in [0.15, 0.2) is 0 Å². The standard InChI is InChI=1S/C17H24N4O/c1-12-4-5-17(18-8-12)19-9-15-6-7-21(10-15)11-16-13(2)20-22-14(16)3/h4-5,8,15H,6-7,9-11H2,1-3H3,(H,18,19)/t15-/m1/s1. The molecule has 1 N–H and O–H groups in total. The number of pyridine rings is 1. The van der Waals surface area contributed by atoms with Gasteiger partial charge in [-0.25, -0.2) is 4.98 Å². The molecule has 5 nitrogen and oxygen atoms in total. The third-order valence-electron chi connectivity index (χ3n) is 4.42. The molecule has 1 fully saturated rings. The van der Waals surface area contributed by atoms with Gasteiger partial charge in [-0.1, -0.05) is 11.2 Å². The van der Waals surface area contributed by atoms with E-state index in [-0.39, 0.29) is 0 Å². The summed E-state index contributed by atoms with van der Waals surface area (Å²) in [6.07, 6.45) is 3.13. The summed E-state index contributed by atoms with van der Waals surface area (Å²) < 4.78 is 5.25. The molecule has 0 aliphatic carbocycles. The predicted molar refractivity (Wildman–Crippen MR) is 86.8 cm³/mol. The molecule has 3 heterocycles. The van der Waals surface area contributed by atoms with Crippen LogP contribution < -0.4 is 5.32 Å². The zero-order chi connectivity index (χ0) is 15.5. The minimum absolute atomic E-state index is 0.670. The Morgan fingerprint density at radius 2 is 2.18 bits per heavy atom. The molecule has 0 bridgehead atoms. The first kappa shape index (κ1) is 15.0. The molecule has 1 saturated heterocycles. The van der Waals surface area contributed by atoms with E-state index in [0.717, 1.165) is 43.5 Å². The molecule has 118 valence electrons. The molecule has 0 spiro atoms. The normalized spacial score (nSPS) is 18.8. The van der Waals surface area contributed by atoms with Gasteiger partial charge in [0.2, 0.25) is 0 Å². The van der Waals surface area contributed by atoms with E-state index >= 15 is 0 Å². The number of hydrogen-bond donors (Lipinski definition) is 1. The summed E-state index contributed by atoms with van der Waals surface area (Å²) in [6.45, 7) is 10.2. The average molecular weight is 300 g/mol. The summed E-state index contributed by atoms with van der Waals surface area (Å²) in [5.74, 6) is 2.58. The zero-order valence-electron chi connectivity index (χ0n) is 13.6. The van der Waals surface area contributed by atoms with Crippen molar-refractivity contribution in [2.24, 2.45) is 5.92 Å². The Morgan fingerprint density at radius 1 is 1.32 bits per heavy atom. The van der Waals surface area contributed by atoms with Gasteiger partial charge in [-0.15, -0.1) is 0 Å². The fraction of sp³-hybridized carbons (Fsp3) is 0.529. The number of likely N-dealkylation sites (tertiary alicyclic amines) is 1. The molecule has 1 aliphatic rings. The molecule has 0 radical (unpaired) electrons. The fourth-order valence-corrected chi connectivity index (χ4v) is 3.00. The van der Waals surface area contributed by atoms with E-state index in [9.17, 15) is 0 Å². The molecule has 3 rings (SSSR count). The summed E-state index contributed by atoms with van der Waals surface area (Å²) in [7, 11) is 0. The van der Waals surface area contributed by atoms with Gasteiger partial charge in [-0.2, -0.15) is 0 Å². The Labute approximate surface area is 131 Å². The number of hydrogen-bond acceptors (Lipinski definition) is 5. The minimum Gasteiger partial charge on any atom is -0.370 e. The molecular weight excluding hydrogens is 276 g/mol. The van der Waals surface area contributed by atoms with Crippen LogP contribution in [0.1, 0.15) is 29.0 Å². The van der Waals surface area contributed by atoms with Crippen molar-refractivity contribution in [3.63, 3.8) is 0 Å². The van der Waals surface area contributed by atoms with E-state index in [1.165, 1.54) is 17.5 Å². The second-order valence-electron chi connectivity index (χ2n) is 6.29. The summed E-state index contributed by atoms with van der Waals surface area (Å²) in [5.41, 5.74) is 3.45. The van der Waals surface area contributed by atoms with Gasteiger partial charge in [0.1, 0.15) is 11.6 Å². The highest BCUT2D eigenvalue weighted by molar-refractivity contribution is 5.35. The zero-order valence-corrected chi connectivity index (χ0v) is 13.6. The summed E-state index contributed by atoms with van der Waals surface area (Å²) in [5, 5.41) is 7.49. The van der Waals surface area contributed by atoms with Crippen LogP contribution in [0.25, 0.3) is 0 Å². The largest absolute Gasteiger partial charge is 0.370 e. The van der Waals surface area contributed by atoms with Crippen LogP contribution in [0.5, 0.6) is 0 Å². The topological polar surface area (TPSA) is 54.2 Å². The number of nitrogens with zero attached hydrogens (tertiary/aromatic N) is 3. The van der Waals surface area contributed by atoms with Crippen LogP contribution in [0.2, 0.25) is 0 Å². The Kier molecular flexibility index (Phi) is 4.43. The van der Waals surface area contributed by atoms with E-state index < -0.39 is 0 Å². The van der Waals surface area contributed by atoms with Gasteiger partial charge in [-0.3, -0.25) is 4.90 Å². The van der Waals surface area contributed by atoms with Crippen LogP contribution in [-0.2, 0) is 6.54 Å². The number of nitrogens with one attached hydrogen (secondary N) is 1. The highest BCUT2D eigenvalue weighted by Gasteiger charge is 2.24. The molecule has 2 aromatic rings. The lowest BCUT2D eigenvalue weighted by Crippen LogP contribution is -2.23. The molecule has 0 amide bonds. The first-order chi connectivity index (χ1) is 10.6. The lowest BCUT2D eigenvalue weighted by atomic mass is 10.1. The average Bonchev–Trinajstić information content (AvgIpc) is 3.09. The SMILES string of the molecule is Cc1ccc(NC[C@H]2CCN(Cc3c(C)noc3C)C2)nc1. The summed E-state index contributed by atoms with van der Waals surface area (Å²) >= 11 is 0. The second kappa shape index (κ2) is 6.48. The molecule has 5 heteroatoms. The molecule has 2 aromatic heterocycles. The smallest absolute Gasteiger partial charge is 0.138 e. The van der Waals surface area contributed by atoms with Crippen molar-refractivity contribution in [1.29, 1.82) is 0 Å². The fourth-order valence-electron chi connectivity index (χ4n) is 3.00. The van der Waals surface area contributed by atoms with Crippen molar-refractivity contribution in [2.45, 2.75) is 33.7 Å². The lowest BCUT2D eigenvalue weighted by Gasteiger charge is -2.16. The van der Waals surface area contributed by atoms with Gasteiger partial charge in [0.25, 0.3) is 0 Å². The summed E-state index contributed by atoms with van der Waals surface area (Å²) in [6, 6.07) is 4.14. The Balaban J connectivity index is 1.49. The number of anilines is 1. The maximum Gasteiger partial charge on any atom is 0.138 e.